The number of hydrogen-bond acceptors (Lipinski definition) is 2. The normalized spacial score (nSPS) is 12.1. The molecule has 1 aromatic rings. The minimum atomic E-state index is -3.79. The molecule has 0 aliphatic rings. The molecule has 4 heteroatoms. The number of hydrogen-bond donors (Lipinski definition) is 1. The summed E-state index contributed by atoms with van der Waals surface area (Å²) in [5, 5.41) is 0. The molecule has 0 unspecified atom stereocenters. The van der Waals surface area contributed by atoms with E-state index < -0.39 is 10.1 Å². The van der Waals surface area contributed by atoms with Crippen LogP contribution in [0.4, 0.5) is 0 Å². The van der Waals surface area contributed by atoms with E-state index in [1.807, 2.05) is 42.5 Å². The lowest BCUT2D eigenvalue weighted by atomic mass is 10.2. The van der Waals surface area contributed by atoms with E-state index in [1.165, 1.54) is 0 Å². The summed E-state index contributed by atoms with van der Waals surface area (Å²) in [6.07, 6.45) is 6.11. The quantitative estimate of drug-likeness (QED) is 0.614. The number of benzene rings is 1. The molecule has 1 N–H and O–H groups in total. The first-order valence-corrected chi connectivity index (χ1v) is 6.85. The van der Waals surface area contributed by atoms with Gasteiger partial charge in [0.25, 0.3) is 10.1 Å². The van der Waals surface area contributed by atoms with Crippen LogP contribution in [0.5, 0.6) is 0 Å². The first-order valence-electron chi connectivity index (χ1n) is 5.25. The number of unbranched alkanes of at least 4 members (excludes halogenated alkanes) is 2. The molecule has 0 saturated carbocycles. The van der Waals surface area contributed by atoms with Crippen molar-refractivity contribution in [1.29, 1.82) is 0 Å². The summed E-state index contributed by atoms with van der Waals surface area (Å²) in [5.74, 6) is -0.147. The van der Waals surface area contributed by atoms with E-state index in [0.29, 0.717) is 6.42 Å². The molecule has 0 bridgehead atoms. The van der Waals surface area contributed by atoms with Gasteiger partial charge in [-0.1, -0.05) is 42.5 Å². The van der Waals surface area contributed by atoms with Crippen molar-refractivity contribution in [2.75, 3.05) is 5.75 Å². The molecule has 0 aliphatic carbocycles. The van der Waals surface area contributed by atoms with Crippen molar-refractivity contribution in [1.82, 2.24) is 0 Å². The fraction of sp³-hybridized carbons (Fsp3) is 0.333. The highest BCUT2D eigenvalue weighted by Gasteiger charge is 2.01. The summed E-state index contributed by atoms with van der Waals surface area (Å²) < 4.78 is 29.4. The Morgan fingerprint density at radius 3 is 2.44 bits per heavy atom. The Morgan fingerprint density at radius 1 is 1.12 bits per heavy atom. The molecule has 0 fully saturated rings. The van der Waals surface area contributed by atoms with Gasteiger partial charge in [0.2, 0.25) is 0 Å². The van der Waals surface area contributed by atoms with Gasteiger partial charge in [0, 0.05) is 0 Å². The second-order valence-corrected chi connectivity index (χ2v) is 5.17. The maximum absolute atomic E-state index is 10.4. The number of allylic oxidation sites excluding steroid dienone is 1. The van der Waals surface area contributed by atoms with Crippen molar-refractivity contribution in [3.8, 4) is 0 Å². The molecule has 0 heterocycles. The van der Waals surface area contributed by atoms with Gasteiger partial charge in [-0.2, -0.15) is 8.42 Å². The van der Waals surface area contributed by atoms with Gasteiger partial charge in [-0.15, -0.1) is 0 Å². The maximum Gasteiger partial charge on any atom is 0.264 e. The summed E-state index contributed by atoms with van der Waals surface area (Å²) in [6, 6.07) is 9.92. The van der Waals surface area contributed by atoms with Crippen LogP contribution in [0.25, 0.3) is 6.08 Å². The SMILES string of the molecule is O=S(=O)(O)CCCCC=Cc1ccccc1. The third-order valence-electron chi connectivity index (χ3n) is 2.13. The van der Waals surface area contributed by atoms with E-state index >= 15 is 0 Å². The van der Waals surface area contributed by atoms with E-state index in [2.05, 4.69) is 0 Å². The maximum atomic E-state index is 10.4. The van der Waals surface area contributed by atoms with Crippen LogP contribution in [0.3, 0.4) is 0 Å². The first kappa shape index (κ1) is 12.9. The Balaban J connectivity index is 2.19. The lowest BCUT2D eigenvalue weighted by Gasteiger charge is -1.95. The second-order valence-electron chi connectivity index (χ2n) is 3.59. The molecular formula is C12H16O3S. The lowest BCUT2D eigenvalue weighted by molar-refractivity contribution is 0.480. The van der Waals surface area contributed by atoms with Crippen LogP contribution < -0.4 is 0 Å². The van der Waals surface area contributed by atoms with Gasteiger partial charge in [0.1, 0.15) is 0 Å². The highest BCUT2D eigenvalue weighted by atomic mass is 32.2. The van der Waals surface area contributed by atoms with Crippen LogP contribution >= 0.6 is 0 Å². The minimum absolute atomic E-state index is 0.147. The van der Waals surface area contributed by atoms with E-state index in [0.717, 1.165) is 18.4 Å². The van der Waals surface area contributed by atoms with Crippen molar-refractivity contribution in [3.63, 3.8) is 0 Å². The van der Waals surface area contributed by atoms with Crippen molar-refractivity contribution >= 4 is 16.2 Å². The van der Waals surface area contributed by atoms with Gasteiger partial charge in [0.05, 0.1) is 5.75 Å². The Hall–Kier alpha value is -1.13. The van der Waals surface area contributed by atoms with Crippen LogP contribution in [0, 0.1) is 0 Å². The van der Waals surface area contributed by atoms with Gasteiger partial charge in [-0.3, -0.25) is 4.55 Å². The topological polar surface area (TPSA) is 54.4 Å². The fourth-order valence-corrected chi connectivity index (χ4v) is 1.90. The Bertz CT molecular complexity index is 421. The summed E-state index contributed by atoms with van der Waals surface area (Å²) in [4.78, 5) is 0. The molecule has 0 amide bonds. The Kier molecular flexibility index (Phi) is 5.22. The zero-order valence-electron chi connectivity index (χ0n) is 9.04. The summed E-state index contributed by atoms with van der Waals surface area (Å²) in [6.45, 7) is 0. The average Bonchev–Trinajstić information content (AvgIpc) is 2.23. The molecule has 0 saturated heterocycles. The van der Waals surface area contributed by atoms with E-state index in [1.54, 1.807) is 0 Å². The summed E-state index contributed by atoms with van der Waals surface area (Å²) in [5.41, 5.74) is 1.14. The van der Waals surface area contributed by atoms with E-state index in [9.17, 15) is 8.42 Å². The largest absolute Gasteiger partial charge is 0.286 e. The summed E-state index contributed by atoms with van der Waals surface area (Å²) in [7, 11) is -3.79. The standard InChI is InChI=1S/C12H16O3S/c13-16(14,15)11-7-2-1-4-8-12-9-5-3-6-10-12/h3-6,8-10H,1-2,7,11H2,(H,13,14,15). The number of rotatable bonds is 6. The molecule has 1 aromatic carbocycles. The third-order valence-corrected chi connectivity index (χ3v) is 2.94. The van der Waals surface area contributed by atoms with Gasteiger partial charge in [-0.05, 0) is 24.8 Å². The fourth-order valence-electron chi connectivity index (χ4n) is 1.33. The molecule has 0 aromatic heterocycles. The van der Waals surface area contributed by atoms with Crippen LogP contribution in [0.15, 0.2) is 36.4 Å². The first-order chi connectivity index (χ1) is 7.58. The third kappa shape index (κ3) is 6.37. The van der Waals surface area contributed by atoms with Gasteiger partial charge in [-0.25, -0.2) is 0 Å². The predicted molar refractivity (Wildman–Crippen MR) is 65.7 cm³/mol. The van der Waals surface area contributed by atoms with Crippen LogP contribution in [0.2, 0.25) is 0 Å². The predicted octanol–water partition coefficient (Wildman–Crippen LogP) is 2.76. The smallest absolute Gasteiger partial charge is 0.264 e. The van der Waals surface area contributed by atoms with Gasteiger partial charge in [0.15, 0.2) is 0 Å². The van der Waals surface area contributed by atoms with Gasteiger partial charge < -0.3 is 0 Å². The highest BCUT2D eigenvalue weighted by Crippen LogP contribution is 2.04. The monoisotopic (exact) mass is 240 g/mol. The molecule has 0 spiro atoms. The van der Waals surface area contributed by atoms with Crippen molar-refractivity contribution < 1.29 is 13.0 Å². The Labute approximate surface area is 96.6 Å². The molecular weight excluding hydrogens is 224 g/mol. The van der Waals surface area contributed by atoms with Gasteiger partial charge >= 0.3 is 0 Å². The molecule has 0 radical (unpaired) electrons. The zero-order valence-corrected chi connectivity index (χ0v) is 9.86. The van der Waals surface area contributed by atoms with Crippen molar-refractivity contribution in [2.24, 2.45) is 0 Å². The van der Waals surface area contributed by atoms with Crippen molar-refractivity contribution in [2.45, 2.75) is 19.3 Å². The molecule has 88 valence electrons. The minimum Gasteiger partial charge on any atom is -0.286 e. The van der Waals surface area contributed by atoms with E-state index in [-0.39, 0.29) is 5.75 Å². The molecule has 3 nitrogen and oxygen atoms in total. The van der Waals surface area contributed by atoms with Crippen LogP contribution in [-0.2, 0) is 10.1 Å². The highest BCUT2D eigenvalue weighted by molar-refractivity contribution is 7.85. The lowest BCUT2D eigenvalue weighted by Crippen LogP contribution is -2.02. The molecule has 0 atom stereocenters. The zero-order chi connectivity index (χ0) is 11.9. The van der Waals surface area contributed by atoms with Crippen LogP contribution in [-0.4, -0.2) is 18.7 Å². The summed E-state index contributed by atoms with van der Waals surface area (Å²) >= 11 is 0. The van der Waals surface area contributed by atoms with E-state index in [4.69, 9.17) is 4.55 Å². The van der Waals surface area contributed by atoms with Crippen LogP contribution in [0.1, 0.15) is 24.8 Å². The molecule has 16 heavy (non-hydrogen) atoms. The Morgan fingerprint density at radius 2 is 1.81 bits per heavy atom. The molecule has 1 rings (SSSR count). The molecule has 0 aliphatic heterocycles. The second kappa shape index (κ2) is 6.45. The average molecular weight is 240 g/mol. The van der Waals surface area contributed by atoms with Crippen molar-refractivity contribution in [3.05, 3.63) is 42.0 Å².